The molecule has 2 rings (SSSR count). The van der Waals surface area contributed by atoms with Crippen molar-refractivity contribution < 1.29 is 14.3 Å². The Morgan fingerprint density at radius 3 is 2.43 bits per heavy atom. The van der Waals surface area contributed by atoms with Crippen LogP contribution in [0, 0.1) is 5.41 Å². The Hall–Kier alpha value is -1.69. The van der Waals surface area contributed by atoms with Crippen molar-refractivity contribution in [1.29, 1.82) is 0 Å². The summed E-state index contributed by atoms with van der Waals surface area (Å²) in [7, 11) is 0. The summed E-state index contributed by atoms with van der Waals surface area (Å²) in [6, 6.07) is 13.8. The van der Waals surface area contributed by atoms with Crippen molar-refractivity contribution in [3.8, 4) is 0 Å². The molecule has 0 saturated heterocycles. The maximum absolute atomic E-state index is 12.5. The monoisotopic (exact) mass is 422 g/mol. The molecule has 0 N–H and O–H groups in total. The number of halogens is 1. The van der Waals surface area contributed by atoms with Crippen molar-refractivity contribution in [3.63, 3.8) is 0 Å². The minimum atomic E-state index is -1.32. The van der Waals surface area contributed by atoms with Crippen LogP contribution in [0.1, 0.15) is 26.3 Å². The van der Waals surface area contributed by atoms with Crippen LogP contribution in [0.15, 0.2) is 46.5 Å². The van der Waals surface area contributed by atoms with Gasteiger partial charge in [0.05, 0.1) is 6.61 Å². The maximum atomic E-state index is 12.5. The molecule has 1 unspecified atom stereocenters. The highest BCUT2D eigenvalue weighted by atomic mass is 127. The van der Waals surface area contributed by atoms with Crippen molar-refractivity contribution >= 4 is 50.7 Å². The molecule has 23 heavy (non-hydrogen) atoms. The number of ether oxygens (including phenoxy) is 1. The molecule has 0 bridgehead atoms. The third-order valence-electron chi connectivity index (χ3n) is 4.12. The summed E-state index contributed by atoms with van der Waals surface area (Å²) in [5.74, 6) is -0.741. The van der Waals surface area contributed by atoms with E-state index >= 15 is 0 Å². The summed E-state index contributed by atoms with van der Waals surface area (Å²) in [6.45, 7) is 5.05. The quantitative estimate of drug-likeness (QED) is 0.396. The number of benzene rings is 2. The van der Waals surface area contributed by atoms with E-state index in [2.05, 4.69) is 22.6 Å². The van der Waals surface area contributed by atoms with E-state index in [1.165, 1.54) is 6.92 Å². The molecular formula is C19H19IO3. The molecule has 4 heteroatoms. The van der Waals surface area contributed by atoms with Crippen LogP contribution in [-0.4, -0.2) is 18.4 Å². The lowest BCUT2D eigenvalue weighted by Gasteiger charge is -2.28. The van der Waals surface area contributed by atoms with Crippen LogP contribution in [0.5, 0.6) is 0 Å². The fourth-order valence-corrected chi connectivity index (χ4v) is 3.57. The van der Waals surface area contributed by atoms with E-state index in [4.69, 9.17) is 4.74 Å². The molecule has 0 aliphatic carbocycles. The normalized spacial score (nSPS) is 14.3. The molecule has 120 valence electrons. The van der Waals surface area contributed by atoms with Crippen LogP contribution < -0.4 is 0 Å². The van der Waals surface area contributed by atoms with Gasteiger partial charge in [0.15, 0.2) is 5.78 Å². The van der Waals surface area contributed by atoms with Crippen molar-refractivity contribution in [2.75, 3.05) is 6.61 Å². The van der Waals surface area contributed by atoms with Crippen LogP contribution >= 0.6 is 22.6 Å². The predicted molar refractivity (Wildman–Crippen MR) is 101 cm³/mol. The molecule has 0 saturated carbocycles. The SMILES string of the molecule is CCOC(=O)C(C)(C(C)=O)/C(=C/I)c1cccc2ccccc12. The van der Waals surface area contributed by atoms with E-state index in [0.717, 1.165) is 16.3 Å². The summed E-state index contributed by atoms with van der Waals surface area (Å²) in [5.41, 5.74) is 0.227. The van der Waals surface area contributed by atoms with Crippen molar-refractivity contribution in [2.24, 2.45) is 5.41 Å². The van der Waals surface area contributed by atoms with Crippen LogP contribution in [0.3, 0.4) is 0 Å². The fraction of sp³-hybridized carbons (Fsp3) is 0.263. The first-order valence-corrected chi connectivity index (χ1v) is 8.68. The number of carbonyl (C=O) groups is 2. The van der Waals surface area contributed by atoms with Gasteiger partial charge < -0.3 is 4.74 Å². The zero-order valence-electron chi connectivity index (χ0n) is 13.4. The van der Waals surface area contributed by atoms with Crippen LogP contribution in [-0.2, 0) is 14.3 Å². The van der Waals surface area contributed by atoms with Crippen LogP contribution in [0.25, 0.3) is 16.3 Å². The number of hydrogen-bond donors (Lipinski definition) is 0. The summed E-state index contributed by atoms with van der Waals surface area (Å²) in [6.07, 6.45) is 0. The second-order valence-corrected chi connectivity index (χ2v) is 6.07. The Balaban J connectivity index is 2.70. The third kappa shape index (κ3) is 3.17. The lowest BCUT2D eigenvalue weighted by Crippen LogP contribution is -2.37. The molecule has 2 aromatic carbocycles. The third-order valence-corrected chi connectivity index (χ3v) is 4.74. The molecule has 0 fully saturated rings. The summed E-state index contributed by atoms with van der Waals surface area (Å²) in [5, 5.41) is 2.07. The van der Waals surface area contributed by atoms with E-state index in [1.54, 1.807) is 17.9 Å². The van der Waals surface area contributed by atoms with Gasteiger partial charge in [0.1, 0.15) is 5.41 Å². The zero-order valence-corrected chi connectivity index (χ0v) is 15.6. The van der Waals surface area contributed by atoms with Gasteiger partial charge in [0.25, 0.3) is 0 Å². The van der Waals surface area contributed by atoms with Crippen LogP contribution in [0.2, 0.25) is 0 Å². The highest BCUT2D eigenvalue weighted by molar-refractivity contribution is 14.1. The zero-order chi connectivity index (χ0) is 17.0. The molecule has 0 heterocycles. The standard InChI is InChI=1S/C19H19IO3/c1-4-23-18(22)19(3,13(2)21)17(12-20)16-11-7-9-14-8-5-6-10-15(14)16/h5-12H,4H2,1-3H3/b17-12+. The smallest absolute Gasteiger partial charge is 0.323 e. The molecule has 0 spiro atoms. The minimum absolute atomic E-state index is 0.230. The molecule has 0 radical (unpaired) electrons. The fourth-order valence-electron chi connectivity index (χ4n) is 2.62. The molecule has 0 aromatic heterocycles. The van der Waals surface area contributed by atoms with Gasteiger partial charge in [-0.1, -0.05) is 65.1 Å². The number of carbonyl (C=O) groups excluding carboxylic acids is 2. The van der Waals surface area contributed by atoms with E-state index in [9.17, 15) is 9.59 Å². The van der Waals surface area contributed by atoms with Crippen LogP contribution in [0.4, 0.5) is 0 Å². The van der Waals surface area contributed by atoms with Crippen molar-refractivity contribution in [3.05, 3.63) is 52.1 Å². The van der Waals surface area contributed by atoms with Gasteiger partial charge in [-0.15, -0.1) is 0 Å². The predicted octanol–water partition coefficient (Wildman–Crippen LogP) is 4.77. The lowest BCUT2D eigenvalue weighted by atomic mass is 9.75. The first-order valence-electron chi connectivity index (χ1n) is 7.44. The van der Waals surface area contributed by atoms with E-state index < -0.39 is 11.4 Å². The minimum Gasteiger partial charge on any atom is -0.465 e. The number of hydrogen-bond acceptors (Lipinski definition) is 3. The Bertz CT molecular complexity index is 774. The van der Waals surface area contributed by atoms with E-state index in [1.807, 2.05) is 42.5 Å². The first-order chi connectivity index (χ1) is 11.0. The summed E-state index contributed by atoms with van der Waals surface area (Å²) >= 11 is 2.08. The summed E-state index contributed by atoms with van der Waals surface area (Å²) < 4.78 is 6.98. The first kappa shape index (κ1) is 17.7. The highest BCUT2D eigenvalue weighted by Crippen LogP contribution is 2.40. The van der Waals surface area contributed by atoms with Gasteiger partial charge in [0, 0.05) is 0 Å². The Labute approximate surface area is 149 Å². The Morgan fingerprint density at radius 2 is 1.83 bits per heavy atom. The molecule has 3 nitrogen and oxygen atoms in total. The van der Waals surface area contributed by atoms with Gasteiger partial charge in [-0.3, -0.25) is 9.59 Å². The molecule has 2 aromatic rings. The van der Waals surface area contributed by atoms with E-state index in [-0.39, 0.29) is 12.4 Å². The second-order valence-electron chi connectivity index (χ2n) is 5.45. The Kier molecular flexibility index (Phi) is 5.57. The molecule has 0 aliphatic rings. The average molecular weight is 422 g/mol. The number of esters is 1. The topological polar surface area (TPSA) is 43.4 Å². The number of fused-ring (bicyclic) bond motifs is 1. The van der Waals surface area contributed by atoms with Gasteiger partial charge >= 0.3 is 5.97 Å². The number of ketones is 1. The van der Waals surface area contributed by atoms with Crippen molar-refractivity contribution in [2.45, 2.75) is 20.8 Å². The largest absolute Gasteiger partial charge is 0.465 e. The number of Topliss-reactive ketones (excluding diaryl/α,β-unsaturated/α-hetero) is 1. The van der Waals surface area contributed by atoms with Gasteiger partial charge in [0.2, 0.25) is 0 Å². The van der Waals surface area contributed by atoms with Gasteiger partial charge in [-0.05, 0) is 46.8 Å². The molecule has 1 atom stereocenters. The van der Waals surface area contributed by atoms with Gasteiger partial charge in [-0.2, -0.15) is 0 Å². The number of rotatable bonds is 5. The molecular weight excluding hydrogens is 403 g/mol. The highest BCUT2D eigenvalue weighted by Gasteiger charge is 2.44. The summed E-state index contributed by atoms with van der Waals surface area (Å²) in [4.78, 5) is 24.9. The van der Waals surface area contributed by atoms with Crippen molar-refractivity contribution in [1.82, 2.24) is 0 Å². The average Bonchev–Trinajstić information content (AvgIpc) is 2.55. The van der Waals surface area contributed by atoms with E-state index in [0.29, 0.717) is 5.57 Å². The van der Waals surface area contributed by atoms with Gasteiger partial charge in [-0.25, -0.2) is 0 Å². The second kappa shape index (κ2) is 7.25. The molecule has 0 amide bonds. The lowest BCUT2D eigenvalue weighted by molar-refractivity contribution is -0.154. The molecule has 0 aliphatic heterocycles. The maximum Gasteiger partial charge on any atom is 0.323 e. The Morgan fingerprint density at radius 1 is 1.17 bits per heavy atom.